The first-order chi connectivity index (χ1) is 10.1. The van der Waals surface area contributed by atoms with Crippen LogP contribution in [0.3, 0.4) is 0 Å². The highest BCUT2D eigenvalue weighted by Gasteiger charge is 2.13. The van der Waals surface area contributed by atoms with Crippen LogP contribution >= 0.6 is 11.6 Å². The summed E-state index contributed by atoms with van der Waals surface area (Å²) in [5.74, 6) is -1.21. The lowest BCUT2D eigenvalue weighted by molar-refractivity contribution is 0.429. The van der Waals surface area contributed by atoms with Crippen molar-refractivity contribution < 1.29 is 9.50 Å². The molecule has 106 valence electrons. The van der Waals surface area contributed by atoms with Crippen molar-refractivity contribution in [3.63, 3.8) is 0 Å². The lowest BCUT2D eigenvalue weighted by Crippen LogP contribution is -1.93. The van der Waals surface area contributed by atoms with E-state index in [1.165, 1.54) is 6.07 Å². The first-order valence-corrected chi connectivity index (χ1v) is 6.78. The largest absolute Gasteiger partial charge is 0.504 e. The van der Waals surface area contributed by atoms with Crippen LogP contribution in [-0.2, 0) is 6.42 Å². The van der Waals surface area contributed by atoms with Crippen molar-refractivity contribution in [2.45, 2.75) is 6.42 Å². The molecule has 3 nitrogen and oxygen atoms in total. The molecule has 0 radical (unpaired) electrons. The predicted molar refractivity (Wildman–Crippen MR) is 79.9 cm³/mol. The summed E-state index contributed by atoms with van der Waals surface area (Å²) in [4.78, 5) is 0. The Bertz CT molecular complexity index is 771. The Morgan fingerprint density at radius 3 is 2.67 bits per heavy atom. The van der Waals surface area contributed by atoms with Crippen molar-refractivity contribution in [3.05, 3.63) is 70.6 Å². The van der Waals surface area contributed by atoms with Gasteiger partial charge in [-0.25, -0.2) is 4.39 Å². The van der Waals surface area contributed by atoms with Crippen molar-refractivity contribution in [1.82, 2.24) is 10.2 Å². The maximum Gasteiger partial charge on any atom is 0.170 e. The average Bonchev–Trinajstić information content (AvgIpc) is 2.97. The number of phenolic OH excluding ortho intramolecular Hbond substituents is 1. The van der Waals surface area contributed by atoms with Gasteiger partial charge in [0.2, 0.25) is 0 Å². The number of nitrogens with one attached hydrogen (secondary N) is 1. The molecule has 2 N–H and O–H groups in total. The summed E-state index contributed by atoms with van der Waals surface area (Å²) in [5.41, 5.74) is 2.90. The Morgan fingerprint density at radius 1 is 1.14 bits per heavy atom. The molecular weight excluding hydrogens is 291 g/mol. The highest BCUT2D eigenvalue weighted by Crippen LogP contribution is 2.29. The van der Waals surface area contributed by atoms with E-state index >= 15 is 0 Å². The van der Waals surface area contributed by atoms with Crippen molar-refractivity contribution >= 4 is 11.6 Å². The Morgan fingerprint density at radius 2 is 1.90 bits per heavy atom. The molecule has 0 fully saturated rings. The molecular formula is C16H12ClFN2O. The molecule has 0 spiro atoms. The fourth-order valence-corrected chi connectivity index (χ4v) is 2.28. The molecule has 5 heteroatoms. The van der Waals surface area contributed by atoms with Gasteiger partial charge in [0.25, 0.3) is 0 Å². The van der Waals surface area contributed by atoms with Crippen LogP contribution in [0.2, 0.25) is 5.02 Å². The van der Waals surface area contributed by atoms with Crippen LogP contribution in [0.5, 0.6) is 5.75 Å². The molecule has 3 aromatic rings. The number of aromatic nitrogens is 2. The van der Waals surface area contributed by atoms with E-state index in [2.05, 4.69) is 10.2 Å². The Hall–Kier alpha value is -2.33. The van der Waals surface area contributed by atoms with Gasteiger partial charge in [-0.1, -0.05) is 48.0 Å². The van der Waals surface area contributed by atoms with Gasteiger partial charge in [-0.15, -0.1) is 0 Å². The highest BCUT2D eigenvalue weighted by molar-refractivity contribution is 6.32. The molecule has 3 rings (SSSR count). The minimum absolute atomic E-state index is 0.00540. The van der Waals surface area contributed by atoms with Crippen LogP contribution in [0, 0.1) is 5.82 Å². The van der Waals surface area contributed by atoms with Crippen molar-refractivity contribution in [3.8, 4) is 17.0 Å². The number of rotatable bonds is 3. The number of nitrogens with zero attached hydrogens (tertiary/aromatic N) is 1. The highest BCUT2D eigenvalue weighted by atomic mass is 35.5. The van der Waals surface area contributed by atoms with Crippen LogP contribution in [0.15, 0.2) is 48.5 Å². The second-order valence-corrected chi connectivity index (χ2v) is 5.10. The number of halogens is 2. The minimum Gasteiger partial charge on any atom is -0.504 e. The third-order valence-corrected chi connectivity index (χ3v) is 3.53. The van der Waals surface area contributed by atoms with Gasteiger partial charge in [0.1, 0.15) is 0 Å². The van der Waals surface area contributed by atoms with Gasteiger partial charge in [-0.2, -0.15) is 5.10 Å². The van der Waals surface area contributed by atoms with E-state index in [0.717, 1.165) is 17.0 Å². The van der Waals surface area contributed by atoms with E-state index in [9.17, 15) is 9.50 Å². The van der Waals surface area contributed by atoms with E-state index in [1.54, 1.807) is 6.07 Å². The SMILES string of the molecule is Oc1c(Cl)ccc(Cc2cc(-c3ccccc3)n[nH]2)c1F. The monoisotopic (exact) mass is 302 g/mol. The van der Waals surface area contributed by atoms with Gasteiger partial charge in [-0.3, -0.25) is 5.10 Å². The van der Waals surface area contributed by atoms with E-state index in [-0.39, 0.29) is 5.02 Å². The maximum atomic E-state index is 13.9. The number of benzene rings is 2. The van der Waals surface area contributed by atoms with E-state index < -0.39 is 11.6 Å². The van der Waals surface area contributed by atoms with Crippen LogP contribution < -0.4 is 0 Å². The molecule has 0 unspecified atom stereocenters. The van der Waals surface area contributed by atoms with Gasteiger partial charge in [-0.05, 0) is 17.7 Å². The summed E-state index contributed by atoms with van der Waals surface area (Å²) in [6, 6.07) is 14.6. The first-order valence-electron chi connectivity index (χ1n) is 6.40. The molecule has 2 aromatic carbocycles. The number of hydrogen-bond acceptors (Lipinski definition) is 2. The van der Waals surface area contributed by atoms with E-state index in [4.69, 9.17) is 11.6 Å². The minimum atomic E-state index is -0.696. The van der Waals surface area contributed by atoms with Gasteiger partial charge in [0.15, 0.2) is 11.6 Å². The van der Waals surface area contributed by atoms with Crippen LogP contribution in [-0.4, -0.2) is 15.3 Å². The molecule has 0 saturated carbocycles. The summed E-state index contributed by atoms with van der Waals surface area (Å²) in [6.45, 7) is 0. The number of aromatic amines is 1. The van der Waals surface area contributed by atoms with Gasteiger partial charge >= 0.3 is 0 Å². The third-order valence-electron chi connectivity index (χ3n) is 3.23. The summed E-state index contributed by atoms with van der Waals surface area (Å²) in [6.07, 6.45) is 0.302. The van der Waals surface area contributed by atoms with Crippen LogP contribution in [0.25, 0.3) is 11.3 Å². The molecule has 0 amide bonds. The summed E-state index contributed by atoms with van der Waals surface area (Å²) in [5, 5.41) is 16.6. The fourth-order valence-electron chi connectivity index (χ4n) is 2.13. The molecule has 1 heterocycles. The molecule has 1 aromatic heterocycles. The lowest BCUT2D eigenvalue weighted by Gasteiger charge is -2.04. The third kappa shape index (κ3) is 2.76. The van der Waals surface area contributed by atoms with Crippen molar-refractivity contribution in [2.75, 3.05) is 0 Å². The second kappa shape index (κ2) is 5.58. The normalized spacial score (nSPS) is 10.8. The number of phenols is 1. The maximum absolute atomic E-state index is 13.9. The van der Waals surface area contributed by atoms with Crippen LogP contribution in [0.4, 0.5) is 4.39 Å². The van der Waals surface area contributed by atoms with Crippen molar-refractivity contribution in [2.24, 2.45) is 0 Å². The number of H-pyrrole nitrogens is 1. The van der Waals surface area contributed by atoms with Crippen LogP contribution in [0.1, 0.15) is 11.3 Å². The fraction of sp³-hybridized carbons (Fsp3) is 0.0625. The average molecular weight is 303 g/mol. The first kappa shape index (κ1) is 13.6. The number of aromatic hydroxyl groups is 1. The number of hydrogen-bond donors (Lipinski definition) is 2. The zero-order valence-corrected chi connectivity index (χ0v) is 11.7. The molecule has 0 atom stereocenters. The molecule has 0 aliphatic heterocycles. The second-order valence-electron chi connectivity index (χ2n) is 4.69. The molecule has 0 bridgehead atoms. The Kier molecular flexibility index (Phi) is 3.62. The van der Waals surface area contributed by atoms with Gasteiger partial charge < -0.3 is 5.11 Å². The van der Waals surface area contributed by atoms with E-state index in [0.29, 0.717) is 12.0 Å². The predicted octanol–water partition coefficient (Wildman–Crippen LogP) is 4.17. The quantitative estimate of drug-likeness (QED) is 0.763. The van der Waals surface area contributed by atoms with Gasteiger partial charge in [0, 0.05) is 17.7 Å². The van der Waals surface area contributed by atoms with E-state index in [1.807, 2.05) is 36.4 Å². The molecule has 0 aliphatic rings. The standard InChI is InChI=1S/C16H12ClFN2O/c17-13-7-6-11(15(18)16(13)21)8-12-9-14(20-19-12)10-4-2-1-3-5-10/h1-7,9,21H,8H2,(H,19,20). The zero-order chi connectivity index (χ0) is 14.8. The summed E-state index contributed by atoms with van der Waals surface area (Å²) in [7, 11) is 0. The van der Waals surface area contributed by atoms with Crippen molar-refractivity contribution in [1.29, 1.82) is 0 Å². The molecule has 0 saturated heterocycles. The topological polar surface area (TPSA) is 48.9 Å². The Balaban J connectivity index is 1.87. The molecule has 21 heavy (non-hydrogen) atoms. The lowest BCUT2D eigenvalue weighted by atomic mass is 10.1. The smallest absolute Gasteiger partial charge is 0.170 e. The summed E-state index contributed by atoms with van der Waals surface area (Å²) < 4.78 is 13.9. The Labute approximate surface area is 126 Å². The summed E-state index contributed by atoms with van der Waals surface area (Å²) >= 11 is 5.66. The zero-order valence-electron chi connectivity index (χ0n) is 11.0. The van der Waals surface area contributed by atoms with Gasteiger partial charge in [0.05, 0.1) is 10.7 Å². The molecule has 0 aliphatic carbocycles.